The summed E-state index contributed by atoms with van der Waals surface area (Å²) in [7, 11) is 0. The fraction of sp³-hybridized carbons (Fsp3) is 0.529. The number of halogens is 6. The van der Waals surface area contributed by atoms with E-state index >= 15 is 0 Å². The summed E-state index contributed by atoms with van der Waals surface area (Å²) < 4.78 is 90.4. The van der Waals surface area contributed by atoms with E-state index in [0.29, 0.717) is 44.7 Å². The molecule has 262 valence electrons. The average Bonchev–Trinajstić information content (AvgIpc) is 4.03. The molecule has 0 radical (unpaired) electrons. The lowest BCUT2D eigenvalue weighted by Crippen LogP contribution is -2.36. The first kappa shape index (κ1) is 33.4. The molecule has 0 amide bonds. The summed E-state index contributed by atoms with van der Waals surface area (Å²) in [5.41, 5.74) is -0.642. The van der Waals surface area contributed by atoms with Crippen molar-refractivity contribution < 1.29 is 31.1 Å². The van der Waals surface area contributed by atoms with Crippen molar-refractivity contribution in [2.24, 2.45) is 11.8 Å². The average molecular weight is 689 g/mol. The summed E-state index contributed by atoms with van der Waals surface area (Å²) in [6.45, 7) is 6.45. The van der Waals surface area contributed by atoms with E-state index in [1.54, 1.807) is 23.5 Å². The van der Waals surface area contributed by atoms with Crippen LogP contribution in [0.4, 0.5) is 43.8 Å². The summed E-state index contributed by atoms with van der Waals surface area (Å²) in [6, 6.07) is 3.66. The van der Waals surface area contributed by atoms with E-state index in [1.807, 2.05) is 17.7 Å². The van der Waals surface area contributed by atoms with Gasteiger partial charge < -0.3 is 19.4 Å². The van der Waals surface area contributed by atoms with Gasteiger partial charge in [0.25, 0.3) is 0 Å². The van der Waals surface area contributed by atoms with Gasteiger partial charge >= 0.3 is 12.4 Å². The van der Waals surface area contributed by atoms with Crippen molar-refractivity contribution in [1.29, 1.82) is 0 Å². The van der Waals surface area contributed by atoms with Crippen molar-refractivity contribution in [3.8, 4) is 0 Å². The van der Waals surface area contributed by atoms with Gasteiger partial charge in [-0.15, -0.1) is 0 Å². The Labute approximate surface area is 279 Å². The first-order valence-electron chi connectivity index (χ1n) is 16.7. The fourth-order valence-electron chi connectivity index (χ4n) is 6.33. The molecule has 4 aromatic rings. The monoisotopic (exact) mass is 688 g/mol. The maximum absolute atomic E-state index is 13.9. The number of morpholine rings is 1. The fourth-order valence-corrected chi connectivity index (χ4v) is 6.33. The second kappa shape index (κ2) is 13.3. The number of nitrogens with zero attached hydrogens (tertiary/aromatic N) is 8. The third kappa shape index (κ3) is 7.86. The number of pyridine rings is 1. The number of benzene rings is 1. The second-order valence-electron chi connectivity index (χ2n) is 13.2. The summed E-state index contributed by atoms with van der Waals surface area (Å²) in [5.74, 6) is 2.03. The Bertz CT molecular complexity index is 1720. The number of hydrogen-bond acceptors (Lipinski definition) is 8. The Morgan fingerprint density at radius 3 is 1.96 bits per heavy atom. The molecule has 4 heterocycles. The molecule has 0 N–H and O–H groups in total. The number of fused-ring (bicyclic) bond motifs is 1. The highest BCUT2D eigenvalue weighted by Gasteiger charge is 2.37. The lowest BCUT2D eigenvalue weighted by Gasteiger charge is -2.30. The number of hydrogen-bond donors (Lipinski definition) is 0. The van der Waals surface area contributed by atoms with Gasteiger partial charge in [-0.05, 0) is 74.3 Å². The van der Waals surface area contributed by atoms with Gasteiger partial charge in [-0.3, -0.25) is 0 Å². The lowest BCUT2D eigenvalue weighted by molar-refractivity contribution is -0.143. The molecule has 7 rings (SSSR count). The van der Waals surface area contributed by atoms with Crippen LogP contribution in [0, 0.1) is 11.8 Å². The molecule has 0 atom stereocenters. The molecule has 49 heavy (non-hydrogen) atoms. The summed E-state index contributed by atoms with van der Waals surface area (Å²) >= 11 is 0. The number of aromatic nitrogens is 5. The van der Waals surface area contributed by atoms with E-state index in [-0.39, 0.29) is 30.7 Å². The van der Waals surface area contributed by atoms with Gasteiger partial charge in [-0.2, -0.15) is 31.4 Å². The molecule has 2 saturated carbocycles. The van der Waals surface area contributed by atoms with Crippen molar-refractivity contribution in [3.05, 3.63) is 65.1 Å². The Balaban J connectivity index is 1.31. The second-order valence-corrected chi connectivity index (χ2v) is 13.2. The normalized spacial score (nSPS) is 17.2. The first-order chi connectivity index (χ1) is 23.4. The summed E-state index contributed by atoms with van der Waals surface area (Å²) in [4.78, 5) is 20.3. The van der Waals surface area contributed by atoms with Crippen LogP contribution in [-0.4, -0.2) is 64.1 Å². The highest BCUT2D eigenvalue weighted by atomic mass is 19.4. The lowest BCUT2D eigenvalue weighted by atomic mass is 10.0. The Hall–Kier alpha value is -4.14. The molecule has 15 heteroatoms. The van der Waals surface area contributed by atoms with Crippen LogP contribution in [-0.2, 0) is 36.7 Å². The molecule has 0 spiro atoms. The van der Waals surface area contributed by atoms with Crippen molar-refractivity contribution in [2.45, 2.75) is 64.6 Å². The van der Waals surface area contributed by atoms with Crippen molar-refractivity contribution in [1.82, 2.24) is 24.7 Å². The quantitative estimate of drug-likeness (QED) is 0.148. The van der Waals surface area contributed by atoms with Crippen LogP contribution in [0.5, 0.6) is 0 Å². The molecule has 3 aromatic heterocycles. The molecule has 1 aliphatic heterocycles. The largest absolute Gasteiger partial charge is 0.416 e. The molecule has 3 fully saturated rings. The van der Waals surface area contributed by atoms with Crippen LogP contribution >= 0.6 is 0 Å². The minimum Gasteiger partial charge on any atom is -0.378 e. The summed E-state index contributed by atoms with van der Waals surface area (Å²) in [5, 5.41) is 5.29. The molecule has 9 nitrogen and oxygen atoms in total. The van der Waals surface area contributed by atoms with Crippen LogP contribution in [0.1, 0.15) is 54.9 Å². The number of rotatable bonds is 12. The maximum atomic E-state index is 13.9. The first-order valence-corrected chi connectivity index (χ1v) is 16.7. The van der Waals surface area contributed by atoms with E-state index in [2.05, 4.69) is 24.9 Å². The van der Waals surface area contributed by atoms with E-state index in [9.17, 15) is 26.3 Å². The van der Waals surface area contributed by atoms with Gasteiger partial charge in [0.05, 0.1) is 48.6 Å². The van der Waals surface area contributed by atoms with Crippen molar-refractivity contribution in [2.75, 3.05) is 54.1 Å². The zero-order valence-electron chi connectivity index (χ0n) is 27.1. The standard InChI is InChI=1S/C34H38F6N8O/c1-2-48-31-25(15-43-48)13-26(30(44-31)46(18-22-3-4-22)19-23-5-6-23)21-47(32-41-16-29(17-42-32)45-7-9-49-10-8-45)20-24-11-27(33(35,36)37)14-28(12-24)34(38,39)40/h11-17,22-23H,2-10,18-21H2,1H3. The molecule has 0 unspecified atom stereocenters. The Morgan fingerprint density at radius 1 is 0.796 bits per heavy atom. The minimum absolute atomic E-state index is 0.0932. The van der Waals surface area contributed by atoms with Gasteiger partial charge in [-0.1, -0.05) is 0 Å². The molecule has 3 aliphatic rings. The molecule has 1 saturated heterocycles. The van der Waals surface area contributed by atoms with Crippen molar-refractivity contribution in [3.63, 3.8) is 0 Å². The van der Waals surface area contributed by atoms with Crippen LogP contribution in [0.3, 0.4) is 0 Å². The maximum Gasteiger partial charge on any atom is 0.416 e. The van der Waals surface area contributed by atoms with Crippen LogP contribution in [0.2, 0.25) is 0 Å². The van der Waals surface area contributed by atoms with Gasteiger partial charge in [-0.25, -0.2) is 19.6 Å². The highest BCUT2D eigenvalue weighted by Crippen LogP contribution is 2.39. The topological polar surface area (TPSA) is 75.4 Å². The predicted octanol–water partition coefficient (Wildman–Crippen LogP) is 6.95. The Kier molecular flexibility index (Phi) is 9.05. The summed E-state index contributed by atoms with van der Waals surface area (Å²) in [6.07, 6.45) is -0.393. The smallest absolute Gasteiger partial charge is 0.378 e. The molecule has 0 bridgehead atoms. The van der Waals surface area contributed by atoms with Gasteiger partial charge in [0.1, 0.15) is 5.82 Å². The number of alkyl halides is 6. The molecule has 1 aromatic carbocycles. The van der Waals surface area contributed by atoms with E-state index in [1.165, 1.54) is 0 Å². The number of aryl methyl sites for hydroxylation is 1. The van der Waals surface area contributed by atoms with Gasteiger partial charge in [0.15, 0.2) is 5.65 Å². The van der Waals surface area contributed by atoms with E-state index in [4.69, 9.17) is 9.72 Å². The van der Waals surface area contributed by atoms with Crippen molar-refractivity contribution >= 4 is 28.5 Å². The predicted molar refractivity (Wildman–Crippen MR) is 172 cm³/mol. The third-order valence-electron chi connectivity index (χ3n) is 9.28. The minimum atomic E-state index is -4.97. The zero-order valence-corrected chi connectivity index (χ0v) is 27.1. The van der Waals surface area contributed by atoms with Crippen LogP contribution in [0.25, 0.3) is 11.0 Å². The van der Waals surface area contributed by atoms with E-state index < -0.39 is 23.5 Å². The van der Waals surface area contributed by atoms with Gasteiger partial charge in [0.2, 0.25) is 5.95 Å². The van der Waals surface area contributed by atoms with E-state index in [0.717, 1.165) is 79.0 Å². The van der Waals surface area contributed by atoms with Gasteiger partial charge in [0, 0.05) is 56.8 Å². The Morgan fingerprint density at radius 2 is 1.41 bits per heavy atom. The highest BCUT2D eigenvalue weighted by molar-refractivity contribution is 5.79. The van der Waals surface area contributed by atoms with Crippen LogP contribution < -0.4 is 14.7 Å². The molecular weight excluding hydrogens is 650 g/mol. The molecule has 2 aliphatic carbocycles. The SMILES string of the molecule is CCn1ncc2cc(CN(Cc3cc(C(F)(F)F)cc(C(F)(F)F)c3)c3ncc(N4CCOCC4)cn3)c(N(CC3CC3)CC3CC3)nc21. The number of ether oxygens (including phenoxy) is 1. The zero-order chi connectivity index (χ0) is 34.3. The number of anilines is 3. The third-order valence-corrected chi connectivity index (χ3v) is 9.28. The van der Waals surface area contributed by atoms with Crippen LogP contribution in [0.15, 0.2) is 42.9 Å². The molecular formula is C34H38F6N8O.